The molecular weight excluding hydrogens is 460 g/mol. The van der Waals surface area contributed by atoms with E-state index in [9.17, 15) is 14.9 Å². The molecule has 36 heavy (non-hydrogen) atoms. The predicted molar refractivity (Wildman–Crippen MR) is 130 cm³/mol. The van der Waals surface area contributed by atoms with E-state index in [1.54, 1.807) is 42.9 Å². The van der Waals surface area contributed by atoms with Crippen LogP contribution in [0.4, 0.5) is 5.69 Å². The number of fused-ring (bicyclic) bond motifs is 1. The Labute approximate surface area is 206 Å². The van der Waals surface area contributed by atoms with Crippen molar-refractivity contribution in [3.05, 3.63) is 60.2 Å². The Balaban J connectivity index is 1.53. The molecule has 0 saturated carbocycles. The zero-order chi connectivity index (χ0) is 25.2. The molecular formula is C25H24N8O3. The van der Waals surface area contributed by atoms with Crippen molar-refractivity contribution in [1.29, 1.82) is 5.26 Å². The minimum Gasteiger partial charge on any atom is -0.496 e. The number of likely N-dealkylation sites (tertiary alicyclic amines) is 1. The molecule has 0 radical (unpaired) electrons. The lowest BCUT2D eigenvalue weighted by molar-refractivity contribution is -0.132. The third-order valence-corrected chi connectivity index (χ3v) is 6.29. The van der Waals surface area contributed by atoms with Crippen LogP contribution in [0.2, 0.25) is 0 Å². The summed E-state index contributed by atoms with van der Waals surface area (Å²) in [5.74, 6) is 0.00258. The molecule has 0 unspecified atom stereocenters. The number of anilines is 1. The van der Waals surface area contributed by atoms with E-state index in [2.05, 4.69) is 26.6 Å². The van der Waals surface area contributed by atoms with Crippen molar-refractivity contribution >= 4 is 23.1 Å². The molecule has 11 heteroatoms. The van der Waals surface area contributed by atoms with Gasteiger partial charge in [-0.25, -0.2) is 9.50 Å². The average Bonchev–Trinajstić information content (AvgIpc) is 3.61. The lowest BCUT2D eigenvalue weighted by atomic mass is 10.1. The fourth-order valence-corrected chi connectivity index (χ4v) is 4.47. The van der Waals surface area contributed by atoms with Crippen LogP contribution in [0.3, 0.4) is 0 Å². The minimum atomic E-state index is -0.431. The Bertz CT molecular complexity index is 1500. The number of aromatic nitrogens is 5. The standard InChI is InChI=1S/C25H24N8O3/c1-16-5-3-9-32(16)22(34)15-31-14-20(23(30-31)18-11-17(12-26)6-7-21(18)36-2)29-25(35)19-13-28-33-10-4-8-27-24(19)33/h4,6-8,10-11,13-14,16H,3,5,9,15H2,1-2H3,(H,29,35)/t16-/m0/s1. The summed E-state index contributed by atoms with van der Waals surface area (Å²) in [6.45, 7) is 2.77. The van der Waals surface area contributed by atoms with Crippen molar-refractivity contribution in [2.75, 3.05) is 19.0 Å². The van der Waals surface area contributed by atoms with Crippen LogP contribution in [-0.4, -0.2) is 60.8 Å². The zero-order valence-electron chi connectivity index (χ0n) is 19.9. The van der Waals surface area contributed by atoms with Crippen molar-refractivity contribution < 1.29 is 14.3 Å². The number of nitrogens with zero attached hydrogens (tertiary/aromatic N) is 7. The van der Waals surface area contributed by atoms with Crippen molar-refractivity contribution in [3.8, 4) is 23.1 Å². The Hall–Kier alpha value is -4.72. The number of carbonyl (C=O) groups excluding carboxylic acids is 2. The largest absolute Gasteiger partial charge is 0.496 e. The van der Waals surface area contributed by atoms with E-state index < -0.39 is 5.91 Å². The normalized spacial score (nSPS) is 15.1. The molecule has 0 aliphatic carbocycles. The van der Waals surface area contributed by atoms with E-state index in [0.717, 1.165) is 19.4 Å². The first-order valence-corrected chi connectivity index (χ1v) is 11.5. The molecule has 1 aliphatic rings. The van der Waals surface area contributed by atoms with Gasteiger partial charge in [0.15, 0.2) is 5.65 Å². The summed E-state index contributed by atoms with van der Waals surface area (Å²) >= 11 is 0. The highest BCUT2D eigenvalue weighted by Gasteiger charge is 2.26. The molecule has 3 aromatic heterocycles. The van der Waals surface area contributed by atoms with Crippen molar-refractivity contribution in [2.45, 2.75) is 32.4 Å². The van der Waals surface area contributed by atoms with Gasteiger partial charge in [0.1, 0.15) is 23.6 Å². The topological polar surface area (TPSA) is 130 Å². The molecule has 1 saturated heterocycles. The van der Waals surface area contributed by atoms with Crippen LogP contribution in [0, 0.1) is 11.3 Å². The maximum absolute atomic E-state index is 13.2. The maximum atomic E-state index is 13.2. The molecule has 4 heterocycles. The monoisotopic (exact) mass is 484 g/mol. The number of carbonyl (C=O) groups is 2. The van der Waals surface area contributed by atoms with Gasteiger partial charge in [0.05, 0.1) is 30.6 Å². The molecule has 1 atom stereocenters. The number of hydrogen-bond donors (Lipinski definition) is 1. The van der Waals surface area contributed by atoms with Gasteiger partial charge in [-0.05, 0) is 44.0 Å². The van der Waals surface area contributed by atoms with E-state index in [-0.39, 0.29) is 24.1 Å². The van der Waals surface area contributed by atoms with Crippen LogP contribution < -0.4 is 10.1 Å². The second-order valence-corrected chi connectivity index (χ2v) is 8.59. The number of nitriles is 1. The fraction of sp³-hybridized carbons (Fsp3) is 0.280. The van der Waals surface area contributed by atoms with Crippen LogP contribution in [0.1, 0.15) is 35.7 Å². The van der Waals surface area contributed by atoms with Gasteiger partial charge in [0.25, 0.3) is 5.91 Å². The number of hydrogen-bond acceptors (Lipinski definition) is 7. The van der Waals surface area contributed by atoms with E-state index in [1.165, 1.54) is 22.5 Å². The predicted octanol–water partition coefficient (Wildman–Crippen LogP) is 2.74. The average molecular weight is 485 g/mol. The van der Waals surface area contributed by atoms with E-state index in [0.29, 0.717) is 33.9 Å². The zero-order valence-corrected chi connectivity index (χ0v) is 19.9. The lowest BCUT2D eigenvalue weighted by Gasteiger charge is -2.21. The molecule has 0 spiro atoms. The summed E-state index contributed by atoms with van der Waals surface area (Å²) in [5, 5.41) is 21.1. The molecule has 5 rings (SSSR count). The molecule has 182 valence electrons. The number of ether oxygens (including phenoxy) is 1. The summed E-state index contributed by atoms with van der Waals surface area (Å²) in [7, 11) is 1.52. The van der Waals surface area contributed by atoms with E-state index in [1.807, 2.05) is 11.8 Å². The second-order valence-electron chi connectivity index (χ2n) is 8.59. The smallest absolute Gasteiger partial charge is 0.261 e. The van der Waals surface area contributed by atoms with Gasteiger partial charge >= 0.3 is 0 Å². The van der Waals surface area contributed by atoms with Gasteiger partial charge < -0.3 is 15.0 Å². The fourth-order valence-electron chi connectivity index (χ4n) is 4.47. The quantitative estimate of drug-likeness (QED) is 0.445. The van der Waals surface area contributed by atoms with Gasteiger partial charge in [-0.2, -0.15) is 15.5 Å². The first kappa shape index (κ1) is 23.0. The Morgan fingerprint density at radius 3 is 2.94 bits per heavy atom. The summed E-state index contributed by atoms with van der Waals surface area (Å²) in [4.78, 5) is 32.3. The van der Waals surface area contributed by atoms with Crippen LogP contribution in [0.25, 0.3) is 16.9 Å². The van der Waals surface area contributed by atoms with Crippen LogP contribution in [0.15, 0.2) is 49.1 Å². The number of amides is 2. The molecule has 0 bridgehead atoms. The van der Waals surface area contributed by atoms with Crippen LogP contribution in [0.5, 0.6) is 5.75 Å². The molecule has 1 aliphatic heterocycles. The number of benzene rings is 1. The van der Waals surface area contributed by atoms with Gasteiger partial charge in [0.2, 0.25) is 5.91 Å². The number of methoxy groups -OCH3 is 1. The Morgan fingerprint density at radius 1 is 1.33 bits per heavy atom. The summed E-state index contributed by atoms with van der Waals surface area (Å²) in [6, 6.07) is 8.97. The molecule has 2 amide bonds. The molecule has 4 aromatic rings. The first-order valence-electron chi connectivity index (χ1n) is 11.5. The minimum absolute atomic E-state index is 0.0196. The summed E-state index contributed by atoms with van der Waals surface area (Å²) < 4.78 is 8.52. The summed E-state index contributed by atoms with van der Waals surface area (Å²) in [6.07, 6.45) is 8.29. The highest BCUT2D eigenvalue weighted by atomic mass is 16.5. The Kier molecular flexibility index (Phi) is 6.08. The van der Waals surface area contributed by atoms with Gasteiger partial charge in [0, 0.05) is 36.7 Å². The number of nitrogens with one attached hydrogen (secondary N) is 1. The molecule has 1 fully saturated rings. The molecule has 1 N–H and O–H groups in total. The third kappa shape index (κ3) is 4.24. The lowest BCUT2D eigenvalue weighted by Crippen LogP contribution is -2.36. The Morgan fingerprint density at radius 2 is 2.19 bits per heavy atom. The van der Waals surface area contributed by atoms with Gasteiger partial charge in [-0.15, -0.1) is 0 Å². The van der Waals surface area contributed by atoms with Crippen molar-refractivity contribution in [2.24, 2.45) is 0 Å². The van der Waals surface area contributed by atoms with Gasteiger partial charge in [-0.3, -0.25) is 14.3 Å². The van der Waals surface area contributed by atoms with Crippen LogP contribution in [-0.2, 0) is 11.3 Å². The van der Waals surface area contributed by atoms with Crippen LogP contribution >= 0.6 is 0 Å². The third-order valence-electron chi connectivity index (χ3n) is 6.29. The highest BCUT2D eigenvalue weighted by Crippen LogP contribution is 2.35. The highest BCUT2D eigenvalue weighted by molar-refractivity contribution is 6.09. The first-order chi connectivity index (χ1) is 17.5. The maximum Gasteiger partial charge on any atom is 0.261 e. The summed E-state index contributed by atoms with van der Waals surface area (Å²) in [5.41, 5.74) is 2.37. The SMILES string of the molecule is COc1ccc(C#N)cc1-c1nn(CC(=O)N2CCC[C@@H]2C)cc1NC(=O)c1cnn2cccnc12. The van der Waals surface area contributed by atoms with E-state index >= 15 is 0 Å². The second kappa shape index (κ2) is 9.50. The molecule has 11 nitrogen and oxygen atoms in total. The molecule has 1 aromatic carbocycles. The van der Waals surface area contributed by atoms with Gasteiger partial charge in [-0.1, -0.05) is 0 Å². The van der Waals surface area contributed by atoms with E-state index in [4.69, 9.17) is 4.74 Å². The van der Waals surface area contributed by atoms with Crippen molar-refractivity contribution in [1.82, 2.24) is 29.3 Å². The number of rotatable bonds is 6. The van der Waals surface area contributed by atoms with Crippen molar-refractivity contribution in [3.63, 3.8) is 0 Å².